The van der Waals surface area contributed by atoms with Gasteiger partial charge in [-0.25, -0.2) is 0 Å². The Morgan fingerprint density at radius 3 is 2.50 bits per heavy atom. The molecule has 2 rings (SSSR count). The minimum Gasteiger partial charge on any atom is -0.493 e. The largest absolute Gasteiger partial charge is 0.493 e. The van der Waals surface area contributed by atoms with E-state index in [1.165, 1.54) is 13.2 Å². The Kier molecular flexibility index (Phi) is 5.84. The number of nitrogens with two attached hydrogens (primary N) is 1. The average molecular weight is 326 g/mol. The monoisotopic (exact) mass is 326 g/mol. The summed E-state index contributed by atoms with van der Waals surface area (Å²) in [6, 6.07) is 13.0. The molecule has 0 unspecified atom stereocenters. The van der Waals surface area contributed by atoms with Gasteiger partial charge in [0.15, 0.2) is 17.3 Å². The van der Waals surface area contributed by atoms with Gasteiger partial charge in [-0.15, -0.1) is 0 Å². The number of methoxy groups -OCH3 is 1. The van der Waals surface area contributed by atoms with Gasteiger partial charge in [-0.1, -0.05) is 30.3 Å². The number of rotatable bonds is 7. The van der Waals surface area contributed by atoms with E-state index in [4.69, 9.17) is 15.2 Å². The first-order valence-corrected chi connectivity index (χ1v) is 7.54. The van der Waals surface area contributed by atoms with Crippen molar-refractivity contribution in [1.82, 2.24) is 4.90 Å². The van der Waals surface area contributed by atoms with Gasteiger partial charge >= 0.3 is 0 Å². The van der Waals surface area contributed by atoms with Crippen molar-refractivity contribution in [3.63, 3.8) is 0 Å². The maximum absolute atomic E-state index is 12.2. The molecular formula is C19H22N2O3. The maximum Gasteiger partial charge on any atom is 0.189 e. The Hall–Kier alpha value is -2.95. The van der Waals surface area contributed by atoms with Crippen molar-refractivity contribution in [3.8, 4) is 11.5 Å². The Labute approximate surface area is 142 Å². The van der Waals surface area contributed by atoms with Gasteiger partial charge < -0.3 is 20.1 Å². The molecule has 0 heterocycles. The highest BCUT2D eigenvalue weighted by Gasteiger charge is 2.14. The summed E-state index contributed by atoms with van der Waals surface area (Å²) in [5.41, 5.74) is 7.79. The molecule has 24 heavy (non-hydrogen) atoms. The number of allylic oxidation sites excluding steroid dienone is 1. The highest BCUT2D eigenvalue weighted by molar-refractivity contribution is 6.08. The molecule has 0 bridgehead atoms. The second kappa shape index (κ2) is 8.06. The normalized spacial score (nSPS) is 10.6. The number of benzene rings is 2. The van der Waals surface area contributed by atoms with E-state index in [1.807, 2.05) is 44.4 Å². The molecule has 0 saturated heterocycles. The van der Waals surface area contributed by atoms with E-state index in [1.54, 1.807) is 23.2 Å². The molecular weight excluding hydrogens is 304 g/mol. The zero-order valence-electron chi connectivity index (χ0n) is 14.2. The summed E-state index contributed by atoms with van der Waals surface area (Å²) in [5, 5.41) is 0. The molecule has 126 valence electrons. The van der Waals surface area contributed by atoms with Gasteiger partial charge in [0.2, 0.25) is 0 Å². The van der Waals surface area contributed by atoms with Gasteiger partial charge in [0.25, 0.3) is 0 Å². The molecule has 2 aromatic carbocycles. The molecule has 5 nitrogen and oxygen atoms in total. The van der Waals surface area contributed by atoms with Gasteiger partial charge in [-0.3, -0.25) is 4.79 Å². The number of hydrogen-bond donors (Lipinski definition) is 1. The second-order valence-electron chi connectivity index (χ2n) is 5.51. The average Bonchev–Trinajstić information content (AvgIpc) is 2.58. The predicted molar refractivity (Wildman–Crippen MR) is 95.3 cm³/mol. The predicted octanol–water partition coefficient (Wildman–Crippen LogP) is 3.11. The van der Waals surface area contributed by atoms with Crippen LogP contribution in [0.4, 0.5) is 5.69 Å². The quantitative estimate of drug-likeness (QED) is 0.481. The number of hydrogen-bond acceptors (Lipinski definition) is 5. The summed E-state index contributed by atoms with van der Waals surface area (Å²) < 4.78 is 11.1. The van der Waals surface area contributed by atoms with Crippen molar-refractivity contribution in [2.75, 3.05) is 26.9 Å². The first-order valence-electron chi connectivity index (χ1n) is 7.54. The standard InChI is InChI=1S/C19H22N2O3/c1-21(2)10-9-17(22)15-11-18(23-3)19(12-16(15)20)24-13-14-7-5-4-6-8-14/h4-12H,13,20H2,1-3H3. The minimum atomic E-state index is -0.186. The topological polar surface area (TPSA) is 64.8 Å². The van der Waals surface area contributed by atoms with Crippen LogP contribution in [0.1, 0.15) is 15.9 Å². The fourth-order valence-electron chi connectivity index (χ4n) is 2.10. The molecule has 0 saturated carbocycles. The molecule has 0 fully saturated rings. The van der Waals surface area contributed by atoms with Gasteiger partial charge in [0.1, 0.15) is 6.61 Å². The van der Waals surface area contributed by atoms with Crippen LogP contribution in [0, 0.1) is 0 Å². The summed E-state index contributed by atoms with van der Waals surface area (Å²) in [6.07, 6.45) is 3.14. The molecule has 0 radical (unpaired) electrons. The first kappa shape index (κ1) is 17.4. The number of carbonyl (C=O) groups is 1. The Bertz CT molecular complexity index is 725. The molecule has 2 N–H and O–H groups in total. The Morgan fingerprint density at radius 1 is 1.17 bits per heavy atom. The molecule has 0 aliphatic carbocycles. The van der Waals surface area contributed by atoms with Crippen LogP contribution in [0.3, 0.4) is 0 Å². The second-order valence-corrected chi connectivity index (χ2v) is 5.51. The lowest BCUT2D eigenvalue weighted by Crippen LogP contribution is -2.06. The summed E-state index contributed by atoms with van der Waals surface area (Å²) in [6.45, 7) is 0.393. The molecule has 2 aromatic rings. The van der Waals surface area contributed by atoms with Crippen molar-refractivity contribution >= 4 is 11.5 Å². The van der Waals surface area contributed by atoms with Crippen LogP contribution < -0.4 is 15.2 Å². The van der Waals surface area contributed by atoms with E-state index in [2.05, 4.69) is 0 Å². The van der Waals surface area contributed by atoms with Crippen molar-refractivity contribution in [2.45, 2.75) is 6.61 Å². The molecule has 0 atom stereocenters. The van der Waals surface area contributed by atoms with Crippen LogP contribution in [-0.4, -0.2) is 31.9 Å². The van der Waals surface area contributed by atoms with Crippen LogP contribution in [0.5, 0.6) is 11.5 Å². The zero-order chi connectivity index (χ0) is 17.5. The maximum atomic E-state index is 12.2. The number of nitrogens with zero attached hydrogens (tertiary/aromatic N) is 1. The molecule has 0 amide bonds. The van der Waals surface area contributed by atoms with Gasteiger partial charge in [0, 0.05) is 43.7 Å². The van der Waals surface area contributed by atoms with Gasteiger partial charge in [-0.05, 0) is 11.6 Å². The Balaban J connectivity index is 2.22. The molecule has 0 spiro atoms. The minimum absolute atomic E-state index is 0.186. The van der Waals surface area contributed by atoms with E-state index in [0.717, 1.165) is 5.56 Å². The number of nitrogen functional groups attached to an aromatic ring is 1. The highest BCUT2D eigenvalue weighted by Crippen LogP contribution is 2.33. The van der Waals surface area contributed by atoms with Gasteiger partial charge in [0.05, 0.1) is 7.11 Å². The van der Waals surface area contributed by atoms with Crippen molar-refractivity contribution in [2.24, 2.45) is 0 Å². The lowest BCUT2D eigenvalue weighted by molar-refractivity contribution is 0.104. The third-order valence-electron chi connectivity index (χ3n) is 3.36. The lowest BCUT2D eigenvalue weighted by atomic mass is 10.1. The van der Waals surface area contributed by atoms with E-state index in [-0.39, 0.29) is 5.78 Å². The fourth-order valence-corrected chi connectivity index (χ4v) is 2.10. The van der Waals surface area contributed by atoms with Crippen molar-refractivity contribution in [3.05, 3.63) is 65.9 Å². The van der Waals surface area contributed by atoms with Gasteiger partial charge in [-0.2, -0.15) is 0 Å². The fraction of sp³-hybridized carbons (Fsp3) is 0.211. The Morgan fingerprint density at radius 2 is 1.88 bits per heavy atom. The number of carbonyl (C=O) groups excluding carboxylic acids is 1. The van der Waals surface area contributed by atoms with Crippen LogP contribution in [0.2, 0.25) is 0 Å². The van der Waals surface area contributed by atoms with E-state index >= 15 is 0 Å². The van der Waals surface area contributed by atoms with E-state index in [9.17, 15) is 4.79 Å². The highest BCUT2D eigenvalue weighted by atomic mass is 16.5. The zero-order valence-corrected chi connectivity index (χ0v) is 14.2. The third-order valence-corrected chi connectivity index (χ3v) is 3.36. The van der Waals surface area contributed by atoms with Crippen molar-refractivity contribution < 1.29 is 14.3 Å². The van der Waals surface area contributed by atoms with E-state index in [0.29, 0.717) is 29.4 Å². The summed E-state index contributed by atoms with van der Waals surface area (Å²) >= 11 is 0. The number of ketones is 1. The molecule has 0 aliphatic rings. The van der Waals surface area contributed by atoms with Crippen LogP contribution in [0.25, 0.3) is 0 Å². The molecule has 0 aromatic heterocycles. The third kappa shape index (κ3) is 4.52. The van der Waals surface area contributed by atoms with Crippen LogP contribution >= 0.6 is 0 Å². The molecule has 5 heteroatoms. The molecule has 0 aliphatic heterocycles. The first-order chi connectivity index (χ1) is 11.5. The SMILES string of the molecule is COc1cc(C(=O)C=CN(C)C)c(N)cc1OCc1ccccc1. The summed E-state index contributed by atoms with van der Waals surface area (Å²) in [4.78, 5) is 14.0. The lowest BCUT2D eigenvalue weighted by Gasteiger charge is -2.13. The van der Waals surface area contributed by atoms with Crippen molar-refractivity contribution in [1.29, 1.82) is 0 Å². The summed E-state index contributed by atoms with van der Waals surface area (Å²) in [7, 11) is 5.22. The number of ether oxygens (including phenoxy) is 2. The van der Waals surface area contributed by atoms with E-state index < -0.39 is 0 Å². The van der Waals surface area contributed by atoms with Crippen LogP contribution in [0.15, 0.2) is 54.7 Å². The smallest absolute Gasteiger partial charge is 0.189 e. The number of anilines is 1. The van der Waals surface area contributed by atoms with Crippen LogP contribution in [-0.2, 0) is 6.61 Å². The summed E-state index contributed by atoms with van der Waals surface area (Å²) in [5.74, 6) is 0.794.